The fourth-order valence-corrected chi connectivity index (χ4v) is 3.93. The summed E-state index contributed by atoms with van der Waals surface area (Å²) in [5, 5.41) is 3.87. The standard InChI is InChI=1S/C23H23F2NO4/c1-28-19-6-5-14(9-21(19)30-23(24)25)7-8-26-22(27)12-17-13-29-20-11-16-4-2-3-15(16)10-18(17)20/h5-6,9-11,13,23H,2-4,7-8,12H2,1H3,(H,26,27). The SMILES string of the molecule is COc1ccc(CCNC(=O)Cc2coc3cc4c(cc23)CCC4)cc1OC(F)F. The van der Waals surface area contributed by atoms with Crippen molar-refractivity contribution in [3.8, 4) is 11.5 Å². The van der Waals surface area contributed by atoms with Crippen LogP contribution in [0.1, 0.15) is 28.7 Å². The lowest BCUT2D eigenvalue weighted by atomic mass is 10.0. The molecule has 0 radical (unpaired) electrons. The first-order valence-electron chi connectivity index (χ1n) is 9.94. The van der Waals surface area contributed by atoms with E-state index in [0.29, 0.717) is 13.0 Å². The van der Waals surface area contributed by atoms with Gasteiger partial charge in [-0.05, 0) is 66.6 Å². The van der Waals surface area contributed by atoms with Crippen molar-refractivity contribution >= 4 is 16.9 Å². The van der Waals surface area contributed by atoms with E-state index in [-0.39, 0.29) is 23.8 Å². The Hall–Kier alpha value is -3.09. The number of aryl methyl sites for hydroxylation is 2. The van der Waals surface area contributed by atoms with Gasteiger partial charge in [-0.1, -0.05) is 6.07 Å². The Balaban J connectivity index is 1.35. The number of benzene rings is 2. The summed E-state index contributed by atoms with van der Waals surface area (Å²) in [6, 6.07) is 9.06. The van der Waals surface area contributed by atoms with E-state index in [2.05, 4.69) is 22.2 Å². The Morgan fingerprint density at radius 3 is 2.73 bits per heavy atom. The van der Waals surface area contributed by atoms with Crippen LogP contribution in [0.4, 0.5) is 8.78 Å². The molecule has 0 spiro atoms. The van der Waals surface area contributed by atoms with E-state index < -0.39 is 6.61 Å². The highest BCUT2D eigenvalue weighted by molar-refractivity contribution is 5.88. The van der Waals surface area contributed by atoms with Crippen molar-refractivity contribution in [1.29, 1.82) is 0 Å². The van der Waals surface area contributed by atoms with Gasteiger partial charge >= 0.3 is 6.61 Å². The minimum absolute atomic E-state index is 0.0197. The topological polar surface area (TPSA) is 60.7 Å². The molecule has 5 nitrogen and oxygen atoms in total. The van der Waals surface area contributed by atoms with Gasteiger partial charge < -0.3 is 19.2 Å². The molecule has 1 N–H and O–H groups in total. The van der Waals surface area contributed by atoms with E-state index in [1.54, 1.807) is 18.4 Å². The number of nitrogens with one attached hydrogen (secondary N) is 1. The second-order valence-corrected chi connectivity index (χ2v) is 7.37. The minimum Gasteiger partial charge on any atom is -0.493 e. The van der Waals surface area contributed by atoms with Crippen LogP contribution in [0.15, 0.2) is 41.0 Å². The van der Waals surface area contributed by atoms with Crippen LogP contribution in [0.3, 0.4) is 0 Å². The zero-order valence-corrected chi connectivity index (χ0v) is 16.7. The molecule has 0 saturated carbocycles. The predicted molar refractivity (Wildman–Crippen MR) is 108 cm³/mol. The summed E-state index contributed by atoms with van der Waals surface area (Å²) in [5.74, 6) is 0.103. The van der Waals surface area contributed by atoms with Gasteiger partial charge in [0.15, 0.2) is 11.5 Å². The fourth-order valence-electron chi connectivity index (χ4n) is 3.93. The second kappa shape index (κ2) is 8.73. The lowest BCUT2D eigenvalue weighted by Crippen LogP contribution is -2.27. The predicted octanol–water partition coefficient (Wildman–Crippen LogP) is 4.43. The number of amides is 1. The Kier molecular flexibility index (Phi) is 5.88. The zero-order valence-electron chi connectivity index (χ0n) is 16.7. The Labute approximate surface area is 173 Å². The van der Waals surface area contributed by atoms with Crippen molar-refractivity contribution < 1.29 is 27.5 Å². The summed E-state index contributed by atoms with van der Waals surface area (Å²) in [6.07, 6.45) is 5.67. The number of carbonyl (C=O) groups excluding carboxylic acids is 1. The van der Waals surface area contributed by atoms with Crippen molar-refractivity contribution in [2.45, 2.75) is 38.7 Å². The maximum Gasteiger partial charge on any atom is 0.387 e. The number of fused-ring (bicyclic) bond motifs is 2. The van der Waals surface area contributed by atoms with Gasteiger partial charge in [-0.15, -0.1) is 0 Å². The molecule has 2 aromatic carbocycles. The van der Waals surface area contributed by atoms with Gasteiger partial charge in [-0.25, -0.2) is 0 Å². The van der Waals surface area contributed by atoms with E-state index in [1.807, 2.05) is 0 Å². The molecular formula is C23H23F2NO4. The molecule has 1 aliphatic carbocycles. The summed E-state index contributed by atoms with van der Waals surface area (Å²) in [4.78, 5) is 12.4. The molecule has 1 amide bonds. The number of hydrogen-bond donors (Lipinski definition) is 1. The van der Waals surface area contributed by atoms with Crippen LogP contribution in [-0.4, -0.2) is 26.2 Å². The lowest BCUT2D eigenvalue weighted by molar-refractivity contribution is -0.120. The number of carbonyl (C=O) groups is 1. The quantitative estimate of drug-likeness (QED) is 0.591. The van der Waals surface area contributed by atoms with Gasteiger partial charge in [0.25, 0.3) is 0 Å². The molecule has 1 heterocycles. The van der Waals surface area contributed by atoms with Crippen LogP contribution in [0.2, 0.25) is 0 Å². The van der Waals surface area contributed by atoms with Crippen molar-refractivity contribution in [2.75, 3.05) is 13.7 Å². The summed E-state index contributed by atoms with van der Waals surface area (Å²) in [7, 11) is 1.39. The molecule has 30 heavy (non-hydrogen) atoms. The largest absolute Gasteiger partial charge is 0.493 e. The van der Waals surface area contributed by atoms with Crippen LogP contribution in [0.5, 0.6) is 11.5 Å². The van der Waals surface area contributed by atoms with Crippen LogP contribution in [0, 0.1) is 0 Å². The highest BCUT2D eigenvalue weighted by Gasteiger charge is 2.17. The maximum atomic E-state index is 12.5. The smallest absolute Gasteiger partial charge is 0.387 e. The maximum absolute atomic E-state index is 12.5. The first-order chi connectivity index (χ1) is 14.5. The van der Waals surface area contributed by atoms with Crippen molar-refractivity contribution in [2.24, 2.45) is 0 Å². The van der Waals surface area contributed by atoms with Crippen LogP contribution in [-0.2, 0) is 30.5 Å². The van der Waals surface area contributed by atoms with Gasteiger partial charge in [0, 0.05) is 17.5 Å². The summed E-state index contributed by atoms with van der Waals surface area (Å²) in [5.41, 5.74) is 5.13. The number of ether oxygens (including phenoxy) is 2. The van der Waals surface area contributed by atoms with E-state index in [1.165, 1.54) is 24.3 Å². The molecule has 0 aliphatic heterocycles. The molecule has 7 heteroatoms. The fraction of sp³-hybridized carbons (Fsp3) is 0.348. The van der Waals surface area contributed by atoms with E-state index in [0.717, 1.165) is 41.4 Å². The van der Waals surface area contributed by atoms with Crippen LogP contribution >= 0.6 is 0 Å². The van der Waals surface area contributed by atoms with E-state index in [9.17, 15) is 13.6 Å². The van der Waals surface area contributed by atoms with Crippen LogP contribution in [0.25, 0.3) is 11.0 Å². The van der Waals surface area contributed by atoms with Gasteiger partial charge in [0.2, 0.25) is 5.91 Å². The molecule has 0 fully saturated rings. The molecule has 0 unspecified atom stereocenters. The van der Waals surface area contributed by atoms with Crippen molar-refractivity contribution in [1.82, 2.24) is 5.32 Å². The molecule has 0 saturated heterocycles. The van der Waals surface area contributed by atoms with Gasteiger partial charge in [-0.3, -0.25) is 4.79 Å². The molecule has 1 aliphatic rings. The molecule has 3 aromatic rings. The third-order valence-electron chi connectivity index (χ3n) is 5.40. The monoisotopic (exact) mass is 415 g/mol. The van der Waals surface area contributed by atoms with Crippen LogP contribution < -0.4 is 14.8 Å². The summed E-state index contributed by atoms with van der Waals surface area (Å²) < 4.78 is 40.3. The van der Waals surface area contributed by atoms with Gasteiger partial charge in [0.05, 0.1) is 19.8 Å². The second-order valence-electron chi connectivity index (χ2n) is 7.37. The number of rotatable bonds is 8. The molecule has 0 atom stereocenters. The highest BCUT2D eigenvalue weighted by atomic mass is 19.3. The number of halogens is 2. The Bertz CT molecular complexity index is 1060. The highest BCUT2D eigenvalue weighted by Crippen LogP contribution is 2.31. The van der Waals surface area contributed by atoms with Crippen molar-refractivity contribution in [3.05, 3.63) is 58.8 Å². The van der Waals surface area contributed by atoms with Gasteiger partial charge in [0.1, 0.15) is 5.58 Å². The van der Waals surface area contributed by atoms with Crippen molar-refractivity contribution in [3.63, 3.8) is 0 Å². The van der Waals surface area contributed by atoms with Gasteiger partial charge in [-0.2, -0.15) is 8.78 Å². The van der Waals surface area contributed by atoms with E-state index >= 15 is 0 Å². The number of furan rings is 1. The molecule has 158 valence electrons. The average Bonchev–Trinajstić information content (AvgIpc) is 3.32. The third-order valence-corrected chi connectivity index (χ3v) is 5.40. The molecule has 1 aromatic heterocycles. The summed E-state index contributed by atoms with van der Waals surface area (Å²) in [6.45, 7) is -2.55. The number of methoxy groups -OCH3 is 1. The molecule has 4 rings (SSSR count). The lowest BCUT2D eigenvalue weighted by Gasteiger charge is -2.12. The average molecular weight is 415 g/mol. The number of hydrogen-bond acceptors (Lipinski definition) is 4. The first-order valence-corrected chi connectivity index (χ1v) is 9.94. The third kappa shape index (κ3) is 4.40. The molecule has 0 bridgehead atoms. The first kappa shape index (κ1) is 20.2. The normalized spacial score (nSPS) is 12.9. The number of alkyl halides is 2. The minimum atomic E-state index is -2.93. The summed E-state index contributed by atoms with van der Waals surface area (Å²) >= 11 is 0. The van der Waals surface area contributed by atoms with E-state index in [4.69, 9.17) is 9.15 Å². The molecular weight excluding hydrogens is 392 g/mol. The zero-order chi connectivity index (χ0) is 21.1. The Morgan fingerprint density at radius 2 is 1.97 bits per heavy atom. The Morgan fingerprint density at radius 1 is 1.17 bits per heavy atom.